The summed E-state index contributed by atoms with van der Waals surface area (Å²) >= 11 is 7.72. The third kappa shape index (κ3) is 3.57. The van der Waals surface area contributed by atoms with E-state index in [-0.39, 0.29) is 18.1 Å². The van der Waals surface area contributed by atoms with Crippen LogP contribution in [-0.4, -0.2) is 10.8 Å². The second kappa shape index (κ2) is 6.87. The van der Waals surface area contributed by atoms with Crippen molar-refractivity contribution in [2.45, 2.75) is 20.3 Å². The van der Waals surface area contributed by atoms with Gasteiger partial charge in [0.1, 0.15) is 11.6 Å². The highest BCUT2D eigenvalue weighted by atomic mass is 35.5. The Hall–Kier alpha value is -1.98. The summed E-state index contributed by atoms with van der Waals surface area (Å²) in [5.41, 5.74) is 1.63. The number of aromatic nitrogens is 1. The number of carbonyl (C=O) groups is 1. The number of nitrogens with zero attached hydrogens (tertiary/aromatic N) is 1. The van der Waals surface area contributed by atoms with Crippen LogP contribution in [0.2, 0.25) is 5.02 Å². The lowest BCUT2D eigenvalue weighted by Gasteiger charge is -2.10. The lowest BCUT2D eigenvalue weighted by molar-refractivity contribution is -0.121. The van der Waals surface area contributed by atoms with Crippen LogP contribution in [0.4, 0.5) is 15.2 Å². The average molecular weight is 363 g/mol. The van der Waals surface area contributed by atoms with Gasteiger partial charge in [-0.05, 0) is 29.8 Å². The normalized spacial score (nSPS) is 11.2. The van der Waals surface area contributed by atoms with E-state index in [1.165, 1.54) is 23.5 Å². The Bertz CT molecular complexity index is 874. The molecule has 0 fully saturated rings. The fourth-order valence-corrected chi connectivity index (χ4v) is 3.36. The molecule has 0 atom stereocenters. The maximum Gasteiger partial charge on any atom is 0.188 e. The SMILES string of the molecule is CC(C)C(=O)Cc1cc(Cl)c(Nc2nc3ccccc3s2)cc1F. The molecule has 0 saturated heterocycles. The fourth-order valence-electron chi connectivity index (χ4n) is 2.25. The van der Waals surface area contributed by atoms with E-state index >= 15 is 0 Å². The lowest BCUT2D eigenvalue weighted by atomic mass is 10.0. The minimum Gasteiger partial charge on any atom is -0.330 e. The third-order valence-electron chi connectivity index (χ3n) is 3.68. The van der Waals surface area contributed by atoms with Crippen molar-refractivity contribution in [3.63, 3.8) is 0 Å². The highest BCUT2D eigenvalue weighted by Crippen LogP contribution is 2.32. The summed E-state index contributed by atoms with van der Waals surface area (Å²) in [7, 11) is 0. The van der Waals surface area contributed by atoms with Crippen LogP contribution in [0.3, 0.4) is 0 Å². The summed E-state index contributed by atoms with van der Waals surface area (Å²) in [6, 6.07) is 10.6. The molecule has 1 N–H and O–H groups in total. The minimum absolute atomic E-state index is 0.0168. The number of fused-ring (bicyclic) bond motifs is 1. The number of hydrogen-bond acceptors (Lipinski definition) is 4. The lowest BCUT2D eigenvalue weighted by Crippen LogP contribution is -2.11. The predicted molar refractivity (Wildman–Crippen MR) is 97.9 cm³/mol. The van der Waals surface area contributed by atoms with Crippen molar-refractivity contribution in [1.29, 1.82) is 0 Å². The summed E-state index contributed by atoms with van der Waals surface area (Å²) < 4.78 is 15.3. The largest absolute Gasteiger partial charge is 0.330 e. The summed E-state index contributed by atoms with van der Waals surface area (Å²) in [6.45, 7) is 3.59. The zero-order chi connectivity index (χ0) is 17.3. The second-order valence-corrected chi connectivity index (χ2v) is 7.27. The minimum atomic E-state index is -0.447. The first-order valence-electron chi connectivity index (χ1n) is 7.57. The molecule has 3 rings (SSSR count). The van der Waals surface area contributed by atoms with Crippen LogP contribution in [0.5, 0.6) is 0 Å². The van der Waals surface area contributed by atoms with E-state index in [1.54, 1.807) is 13.8 Å². The highest BCUT2D eigenvalue weighted by molar-refractivity contribution is 7.22. The molecular formula is C18H16ClFN2OS. The molecule has 1 heterocycles. The standard InChI is InChI=1S/C18H16ClFN2OS/c1-10(2)16(23)8-11-7-12(19)15(9-13(11)20)22-18-21-14-5-3-4-6-17(14)24-18/h3-7,9-10H,8H2,1-2H3,(H,21,22). The topological polar surface area (TPSA) is 42.0 Å². The summed E-state index contributed by atoms with van der Waals surface area (Å²) in [6.07, 6.45) is 0.0463. The van der Waals surface area contributed by atoms with Crippen molar-refractivity contribution >= 4 is 49.8 Å². The van der Waals surface area contributed by atoms with Gasteiger partial charge in [0, 0.05) is 12.3 Å². The number of thiazole rings is 1. The van der Waals surface area contributed by atoms with Gasteiger partial charge in [-0.1, -0.05) is 48.9 Å². The van der Waals surface area contributed by atoms with Crippen molar-refractivity contribution in [3.05, 3.63) is 52.8 Å². The number of ketones is 1. The average Bonchev–Trinajstić information content (AvgIpc) is 2.94. The first-order valence-corrected chi connectivity index (χ1v) is 8.76. The van der Waals surface area contributed by atoms with Gasteiger partial charge in [0.05, 0.1) is 20.9 Å². The van der Waals surface area contributed by atoms with Crippen LogP contribution >= 0.6 is 22.9 Å². The van der Waals surface area contributed by atoms with E-state index in [0.717, 1.165) is 10.2 Å². The number of para-hydroxylation sites is 1. The van der Waals surface area contributed by atoms with Crippen LogP contribution < -0.4 is 5.32 Å². The van der Waals surface area contributed by atoms with Crippen molar-refractivity contribution in [1.82, 2.24) is 4.98 Å². The summed E-state index contributed by atoms with van der Waals surface area (Å²) in [5, 5.41) is 4.06. The summed E-state index contributed by atoms with van der Waals surface area (Å²) in [4.78, 5) is 16.3. The van der Waals surface area contributed by atoms with Gasteiger partial charge in [-0.3, -0.25) is 4.79 Å². The molecule has 0 unspecified atom stereocenters. The Morgan fingerprint density at radius 1 is 1.33 bits per heavy atom. The molecule has 124 valence electrons. The second-order valence-electron chi connectivity index (χ2n) is 5.83. The summed E-state index contributed by atoms with van der Waals surface area (Å²) in [5.74, 6) is -0.599. The molecule has 0 saturated carbocycles. The molecule has 0 aliphatic carbocycles. The van der Waals surface area contributed by atoms with E-state index in [0.29, 0.717) is 21.4 Å². The first kappa shape index (κ1) is 16.9. The number of rotatable bonds is 5. The number of Topliss-reactive ketones (excluding diaryl/α,β-unsaturated/α-hetero) is 1. The molecule has 1 aromatic heterocycles. The Labute approximate surface area is 148 Å². The molecular weight excluding hydrogens is 347 g/mol. The van der Waals surface area contributed by atoms with E-state index in [1.807, 2.05) is 24.3 Å². The molecule has 6 heteroatoms. The van der Waals surface area contributed by atoms with Gasteiger partial charge < -0.3 is 5.32 Å². The molecule has 0 bridgehead atoms. The Morgan fingerprint density at radius 2 is 2.08 bits per heavy atom. The number of halogens is 2. The zero-order valence-electron chi connectivity index (χ0n) is 13.3. The van der Waals surface area contributed by atoms with Crippen LogP contribution in [-0.2, 0) is 11.2 Å². The van der Waals surface area contributed by atoms with E-state index in [4.69, 9.17) is 11.6 Å². The monoisotopic (exact) mass is 362 g/mol. The Kier molecular flexibility index (Phi) is 4.83. The quantitative estimate of drug-likeness (QED) is 0.642. The van der Waals surface area contributed by atoms with Gasteiger partial charge in [-0.15, -0.1) is 0 Å². The van der Waals surface area contributed by atoms with Crippen LogP contribution in [0, 0.1) is 11.7 Å². The van der Waals surface area contributed by atoms with Crippen molar-refractivity contribution in [3.8, 4) is 0 Å². The molecule has 0 aliphatic rings. The molecule has 0 aliphatic heterocycles. The van der Waals surface area contributed by atoms with Gasteiger partial charge in [-0.2, -0.15) is 0 Å². The van der Waals surface area contributed by atoms with Gasteiger partial charge >= 0.3 is 0 Å². The molecule has 0 amide bonds. The zero-order valence-corrected chi connectivity index (χ0v) is 14.8. The Balaban J connectivity index is 1.86. The number of nitrogens with one attached hydrogen (secondary N) is 1. The van der Waals surface area contributed by atoms with Crippen LogP contribution in [0.25, 0.3) is 10.2 Å². The fraction of sp³-hybridized carbons (Fsp3) is 0.222. The van der Waals surface area contributed by atoms with E-state index in [9.17, 15) is 9.18 Å². The highest BCUT2D eigenvalue weighted by Gasteiger charge is 2.15. The first-order chi connectivity index (χ1) is 11.4. The number of carbonyl (C=O) groups excluding carboxylic acids is 1. The maximum atomic E-state index is 14.3. The van der Waals surface area contributed by atoms with Gasteiger partial charge in [0.2, 0.25) is 0 Å². The van der Waals surface area contributed by atoms with Crippen molar-refractivity contribution in [2.75, 3.05) is 5.32 Å². The molecule has 24 heavy (non-hydrogen) atoms. The molecule has 0 spiro atoms. The van der Waals surface area contributed by atoms with Crippen LogP contribution in [0.15, 0.2) is 36.4 Å². The predicted octanol–water partition coefficient (Wildman–Crippen LogP) is 5.60. The molecule has 2 aromatic carbocycles. The number of benzene rings is 2. The van der Waals surface area contributed by atoms with Crippen molar-refractivity contribution < 1.29 is 9.18 Å². The number of anilines is 2. The smallest absolute Gasteiger partial charge is 0.188 e. The van der Waals surface area contributed by atoms with Gasteiger partial charge in [0.15, 0.2) is 5.13 Å². The number of hydrogen-bond donors (Lipinski definition) is 1. The maximum absolute atomic E-state index is 14.3. The van der Waals surface area contributed by atoms with Gasteiger partial charge in [0.25, 0.3) is 0 Å². The molecule has 0 radical (unpaired) electrons. The van der Waals surface area contributed by atoms with Crippen molar-refractivity contribution in [2.24, 2.45) is 5.92 Å². The van der Waals surface area contributed by atoms with Crippen LogP contribution in [0.1, 0.15) is 19.4 Å². The molecule has 3 nitrogen and oxygen atoms in total. The van der Waals surface area contributed by atoms with E-state index in [2.05, 4.69) is 10.3 Å². The van der Waals surface area contributed by atoms with Gasteiger partial charge in [-0.25, -0.2) is 9.37 Å². The molecule has 3 aromatic rings. The Morgan fingerprint density at radius 3 is 2.79 bits per heavy atom. The van der Waals surface area contributed by atoms with E-state index < -0.39 is 5.82 Å². The third-order valence-corrected chi connectivity index (χ3v) is 4.94.